The summed E-state index contributed by atoms with van der Waals surface area (Å²) < 4.78 is 6.97. The van der Waals surface area contributed by atoms with Crippen LogP contribution in [0.2, 0.25) is 0 Å². The molecule has 0 radical (unpaired) electrons. The van der Waals surface area contributed by atoms with Crippen LogP contribution in [-0.4, -0.2) is 22.9 Å². The van der Waals surface area contributed by atoms with Gasteiger partial charge >= 0.3 is 0 Å². The number of aryl methyl sites for hydroxylation is 1. The van der Waals surface area contributed by atoms with Crippen LogP contribution in [0.4, 0.5) is 0 Å². The molecule has 78 valence electrons. The highest BCUT2D eigenvalue weighted by molar-refractivity contribution is 5.22. The molecular weight excluding hydrogens is 178 g/mol. The van der Waals surface area contributed by atoms with Gasteiger partial charge in [0.1, 0.15) is 0 Å². The molecule has 4 nitrogen and oxygen atoms in total. The average Bonchev–Trinajstić information content (AvgIpc) is 2.43. The van der Waals surface area contributed by atoms with Crippen molar-refractivity contribution in [3.05, 3.63) is 11.8 Å². The van der Waals surface area contributed by atoms with E-state index in [1.807, 2.05) is 13.2 Å². The molecule has 1 heterocycles. The number of ether oxygens (including phenoxy) is 1. The molecule has 1 aliphatic rings. The van der Waals surface area contributed by atoms with Crippen molar-refractivity contribution in [2.75, 3.05) is 7.11 Å². The van der Waals surface area contributed by atoms with Gasteiger partial charge in [-0.3, -0.25) is 4.68 Å². The summed E-state index contributed by atoms with van der Waals surface area (Å²) in [6.45, 7) is 0.863. The van der Waals surface area contributed by atoms with Crippen LogP contribution in [0.3, 0.4) is 0 Å². The maximum absolute atomic E-state index is 5.18. The van der Waals surface area contributed by atoms with Crippen molar-refractivity contribution < 1.29 is 4.74 Å². The molecule has 1 aromatic heterocycles. The Balaban J connectivity index is 1.92. The summed E-state index contributed by atoms with van der Waals surface area (Å²) in [5, 5.41) is 7.70. The molecule has 0 bridgehead atoms. The monoisotopic (exact) mass is 195 g/mol. The van der Waals surface area contributed by atoms with E-state index in [2.05, 4.69) is 10.4 Å². The standard InChI is InChI=1S/C10H17N3O/c1-13-7-8(10(12-13)14-2)6-11-9-4-3-5-9/h7,9,11H,3-6H2,1-2H3. The summed E-state index contributed by atoms with van der Waals surface area (Å²) in [6, 6.07) is 0.708. The Bertz CT molecular complexity index is 304. The van der Waals surface area contributed by atoms with E-state index in [0.29, 0.717) is 6.04 Å². The maximum atomic E-state index is 5.18. The van der Waals surface area contributed by atoms with Crippen molar-refractivity contribution in [3.8, 4) is 5.88 Å². The first-order valence-corrected chi connectivity index (χ1v) is 5.09. The van der Waals surface area contributed by atoms with Crippen molar-refractivity contribution in [1.82, 2.24) is 15.1 Å². The van der Waals surface area contributed by atoms with Gasteiger partial charge in [-0.25, -0.2) is 0 Å². The largest absolute Gasteiger partial charge is 0.480 e. The summed E-state index contributed by atoms with van der Waals surface area (Å²) in [7, 11) is 3.57. The Hall–Kier alpha value is -1.03. The lowest BCUT2D eigenvalue weighted by Crippen LogP contribution is -2.34. The molecule has 0 unspecified atom stereocenters. The van der Waals surface area contributed by atoms with Crippen molar-refractivity contribution in [3.63, 3.8) is 0 Å². The Kier molecular flexibility index (Phi) is 2.72. The van der Waals surface area contributed by atoms with E-state index in [1.165, 1.54) is 19.3 Å². The summed E-state index contributed by atoms with van der Waals surface area (Å²) in [4.78, 5) is 0. The van der Waals surface area contributed by atoms with Gasteiger partial charge in [-0.1, -0.05) is 6.42 Å². The van der Waals surface area contributed by atoms with Crippen LogP contribution >= 0.6 is 0 Å². The Morgan fingerprint density at radius 1 is 1.64 bits per heavy atom. The zero-order valence-electron chi connectivity index (χ0n) is 8.79. The fraction of sp³-hybridized carbons (Fsp3) is 0.700. The molecule has 0 aliphatic heterocycles. The predicted octanol–water partition coefficient (Wildman–Crippen LogP) is 1.07. The van der Waals surface area contributed by atoms with Crippen LogP contribution in [0.1, 0.15) is 24.8 Å². The molecule has 4 heteroatoms. The normalized spacial score (nSPS) is 16.7. The summed E-state index contributed by atoms with van der Waals surface area (Å²) in [6.07, 6.45) is 5.98. The third kappa shape index (κ3) is 1.90. The zero-order valence-corrected chi connectivity index (χ0v) is 8.79. The molecule has 0 saturated heterocycles. The highest BCUT2D eigenvalue weighted by Gasteiger charge is 2.17. The van der Waals surface area contributed by atoms with Gasteiger partial charge in [0.25, 0.3) is 0 Å². The molecule has 14 heavy (non-hydrogen) atoms. The molecule has 0 aromatic carbocycles. The van der Waals surface area contributed by atoms with Crippen LogP contribution < -0.4 is 10.1 Å². The zero-order chi connectivity index (χ0) is 9.97. The number of hydrogen-bond acceptors (Lipinski definition) is 3. The van der Waals surface area contributed by atoms with Gasteiger partial charge in [-0.2, -0.15) is 0 Å². The second-order valence-corrected chi connectivity index (χ2v) is 3.85. The number of methoxy groups -OCH3 is 1. The molecular formula is C10H17N3O. The molecule has 1 aliphatic carbocycles. The van der Waals surface area contributed by atoms with Crippen LogP contribution in [0.15, 0.2) is 6.20 Å². The smallest absolute Gasteiger partial charge is 0.237 e. The molecule has 1 saturated carbocycles. The predicted molar refractivity (Wildman–Crippen MR) is 54.2 cm³/mol. The van der Waals surface area contributed by atoms with Gasteiger partial charge in [0, 0.05) is 31.4 Å². The molecule has 2 rings (SSSR count). The minimum Gasteiger partial charge on any atom is -0.480 e. The first kappa shape index (κ1) is 9.52. The van der Waals surface area contributed by atoms with Crippen LogP contribution in [0.25, 0.3) is 0 Å². The summed E-state index contributed by atoms with van der Waals surface area (Å²) in [5.41, 5.74) is 1.14. The minimum absolute atomic E-state index is 0.708. The van der Waals surface area contributed by atoms with Gasteiger partial charge < -0.3 is 10.1 Å². The van der Waals surface area contributed by atoms with Crippen LogP contribution in [0.5, 0.6) is 5.88 Å². The van der Waals surface area contributed by atoms with Crippen molar-refractivity contribution in [2.24, 2.45) is 7.05 Å². The second-order valence-electron chi connectivity index (χ2n) is 3.85. The maximum Gasteiger partial charge on any atom is 0.237 e. The van der Waals surface area contributed by atoms with E-state index >= 15 is 0 Å². The third-order valence-corrected chi connectivity index (χ3v) is 2.75. The first-order chi connectivity index (χ1) is 6.79. The van der Waals surface area contributed by atoms with E-state index in [0.717, 1.165) is 18.0 Å². The highest BCUT2D eigenvalue weighted by atomic mass is 16.5. The molecule has 1 N–H and O–H groups in total. The lowest BCUT2D eigenvalue weighted by molar-refractivity contribution is 0.333. The van der Waals surface area contributed by atoms with Crippen molar-refractivity contribution in [1.29, 1.82) is 0 Å². The minimum atomic E-state index is 0.708. The van der Waals surface area contributed by atoms with E-state index in [1.54, 1.807) is 11.8 Å². The van der Waals surface area contributed by atoms with Gasteiger partial charge in [0.05, 0.1) is 7.11 Å². The Morgan fingerprint density at radius 3 is 3.00 bits per heavy atom. The fourth-order valence-electron chi connectivity index (χ4n) is 1.68. The van der Waals surface area contributed by atoms with E-state index in [9.17, 15) is 0 Å². The van der Waals surface area contributed by atoms with Crippen molar-refractivity contribution >= 4 is 0 Å². The number of nitrogens with one attached hydrogen (secondary N) is 1. The number of nitrogens with zero attached hydrogens (tertiary/aromatic N) is 2. The third-order valence-electron chi connectivity index (χ3n) is 2.75. The molecule has 0 spiro atoms. The summed E-state index contributed by atoms with van der Waals surface area (Å²) in [5.74, 6) is 0.735. The fourth-order valence-corrected chi connectivity index (χ4v) is 1.68. The first-order valence-electron chi connectivity index (χ1n) is 5.09. The Labute approximate surface area is 84.3 Å². The SMILES string of the molecule is COc1nn(C)cc1CNC1CCC1. The summed E-state index contributed by atoms with van der Waals surface area (Å²) >= 11 is 0. The van der Waals surface area contributed by atoms with Crippen LogP contribution in [-0.2, 0) is 13.6 Å². The topological polar surface area (TPSA) is 39.1 Å². The number of aromatic nitrogens is 2. The van der Waals surface area contributed by atoms with Gasteiger partial charge in [0.2, 0.25) is 5.88 Å². The van der Waals surface area contributed by atoms with E-state index < -0.39 is 0 Å². The van der Waals surface area contributed by atoms with Crippen molar-refractivity contribution in [2.45, 2.75) is 31.8 Å². The molecule has 1 fully saturated rings. The Morgan fingerprint density at radius 2 is 2.43 bits per heavy atom. The van der Waals surface area contributed by atoms with E-state index in [-0.39, 0.29) is 0 Å². The average molecular weight is 195 g/mol. The molecule has 0 atom stereocenters. The number of rotatable bonds is 4. The van der Waals surface area contributed by atoms with Crippen LogP contribution in [0, 0.1) is 0 Å². The quantitative estimate of drug-likeness (QED) is 0.781. The highest BCUT2D eigenvalue weighted by Crippen LogP contribution is 2.20. The second kappa shape index (κ2) is 4.00. The lowest BCUT2D eigenvalue weighted by atomic mass is 9.93. The molecule has 0 amide bonds. The van der Waals surface area contributed by atoms with E-state index in [4.69, 9.17) is 4.74 Å². The van der Waals surface area contributed by atoms with Gasteiger partial charge in [0.15, 0.2) is 0 Å². The number of hydrogen-bond donors (Lipinski definition) is 1. The van der Waals surface area contributed by atoms with Gasteiger partial charge in [-0.05, 0) is 12.8 Å². The van der Waals surface area contributed by atoms with Gasteiger partial charge in [-0.15, -0.1) is 5.10 Å². The lowest BCUT2D eigenvalue weighted by Gasteiger charge is -2.26. The molecule has 1 aromatic rings.